The van der Waals surface area contributed by atoms with Crippen LogP contribution in [0.5, 0.6) is 0 Å². The van der Waals surface area contributed by atoms with E-state index in [9.17, 15) is 14.4 Å². The first kappa shape index (κ1) is 26.6. The van der Waals surface area contributed by atoms with E-state index in [-0.39, 0.29) is 30.2 Å². The molecule has 1 aromatic heterocycles. The Morgan fingerprint density at radius 2 is 1.67 bits per heavy atom. The Labute approximate surface area is 231 Å². The van der Waals surface area contributed by atoms with Crippen LogP contribution in [0.4, 0.5) is 5.69 Å². The molecule has 4 aromatic rings. The smallest absolute Gasteiger partial charge is 0.249 e. The molecular formula is C30H30ClN5O3. The number of fused-ring (bicyclic) bond motifs is 1. The second-order valence-electron chi connectivity index (χ2n) is 9.90. The first-order valence-corrected chi connectivity index (χ1v) is 13.6. The normalized spacial score (nSPS) is 14.6. The van der Waals surface area contributed by atoms with E-state index in [1.54, 1.807) is 48.5 Å². The van der Waals surface area contributed by atoms with Crippen molar-refractivity contribution in [1.82, 2.24) is 20.3 Å². The number of anilines is 1. The Kier molecular flexibility index (Phi) is 8.02. The lowest BCUT2D eigenvalue weighted by molar-refractivity contribution is -0.127. The summed E-state index contributed by atoms with van der Waals surface area (Å²) < 4.78 is 1.53. The number of Topliss-reactive ketones (excluding diaryl/α,β-unsaturated/α-hetero) is 1. The van der Waals surface area contributed by atoms with Crippen molar-refractivity contribution in [2.45, 2.75) is 57.7 Å². The number of aromatic nitrogens is 3. The van der Waals surface area contributed by atoms with Crippen molar-refractivity contribution >= 4 is 45.9 Å². The van der Waals surface area contributed by atoms with Gasteiger partial charge < -0.3 is 5.32 Å². The number of nitrogens with zero attached hydrogens (tertiary/aromatic N) is 4. The zero-order valence-electron chi connectivity index (χ0n) is 21.7. The third kappa shape index (κ3) is 6.01. The maximum Gasteiger partial charge on any atom is 0.249 e. The Balaban J connectivity index is 1.57. The second-order valence-corrected chi connectivity index (χ2v) is 10.3. The molecule has 0 saturated heterocycles. The molecule has 1 aliphatic carbocycles. The van der Waals surface area contributed by atoms with Crippen LogP contribution in [0.1, 0.15) is 61.0 Å². The van der Waals surface area contributed by atoms with E-state index in [0.717, 1.165) is 32.1 Å². The summed E-state index contributed by atoms with van der Waals surface area (Å²) in [5, 5.41) is 12.1. The van der Waals surface area contributed by atoms with Crippen LogP contribution in [0.15, 0.2) is 72.8 Å². The molecular weight excluding hydrogens is 514 g/mol. The van der Waals surface area contributed by atoms with Gasteiger partial charge in [-0.25, -0.2) is 4.68 Å². The first-order valence-electron chi connectivity index (χ1n) is 13.2. The predicted octanol–water partition coefficient (Wildman–Crippen LogP) is 5.51. The number of rotatable bonds is 8. The zero-order chi connectivity index (χ0) is 27.4. The predicted molar refractivity (Wildman–Crippen MR) is 151 cm³/mol. The van der Waals surface area contributed by atoms with Gasteiger partial charge in [0.05, 0.1) is 5.52 Å². The lowest BCUT2D eigenvalue weighted by Crippen LogP contribution is -2.48. The molecule has 1 N–H and O–H groups in total. The van der Waals surface area contributed by atoms with Crippen molar-refractivity contribution in [3.63, 3.8) is 0 Å². The minimum absolute atomic E-state index is 0.0531. The molecule has 39 heavy (non-hydrogen) atoms. The van der Waals surface area contributed by atoms with E-state index in [1.807, 2.05) is 24.3 Å². The minimum Gasteiger partial charge on any atom is -0.351 e. The highest BCUT2D eigenvalue weighted by molar-refractivity contribution is 6.30. The molecule has 0 aliphatic heterocycles. The van der Waals surface area contributed by atoms with Gasteiger partial charge in [0.2, 0.25) is 11.8 Å². The standard InChI is InChI=1S/C30H30ClN5O3/c1-20(37)21-13-17-25(18-14-21)36(28(38)19-35-27-10-6-5-9-26(27)33-34-35)29(22-11-15-23(31)16-12-22)30(39)32-24-7-3-2-4-8-24/h5-6,9-18,24,29H,2-4,7-8,19H2,1H3,(H,32,39). The summed E-state index contributed by atoms with van der Waals surface area (Å²) in [5.74, 6) is -0.700. The van der Waals surface area contributed by atoms with E-state index in [2.05, 4.69) is 15.6 Å². The molecule has 8 nitrogen and oxygen atoms in total. The average Bonchev–Trinajstić information content (AvgIpc) is 3.35. The SMILES string of the molecule is CC(=O)c1ccc(N(C(=O)Cn2nnc3ccccc32)C(C(=O)NC2CCCCC2)c2ccc(Cl)cc2)cc1. The van der Waals surface area contributed by atoms with Crippen molar-refractivity contribution in [3.05, 3.63) is 88.9 Å². The fraction of sp³-hybridized carbons (Fsp3) is 0.300. The van der Waals surface area contributed by atoms with Crippen LogP contribution in [0.25, 0.3) is 11.0 Å². The molecule has 1 aliphatic rings. The van der Waals surface area contributed by atoms with Gasteiger partial charge in [0.25, 0.3) is 0 Å². The summed E-state index contributed by atoms with van der Waals surface area (Å²) in [4.78, 5) is 41.5. The van der Waals surface area contributed by atoms with E-state index >= 15 is 0 Å². The molecule has 1 unspecified atom stereocenters. The summed E-state index contributed by atoms with van der Waals surface area (Å²) in [7, 11) is 0. The number of ketones is 1. The monoisotopic (exact) mass is 543 g/mol. The summed E-state index contributed by atoms with van der Waals surface area (Å²) in [6, 6.07) is 20.2. The van der Waals surface area contributed by atoms with Crippen molar-refractivity contribution in [1.29, 1.82) is 0 Å². The Hall–Kier alpha value is -4.04. The van der Waals surface area contributed by atoms with Crippen LogP contribution in [0.3, 0.4) is 0 Å². The minimum atomic E-state index is -0.963. The lowest BCUT2D eigenvalue weighted by atomic mass is 9.94. The molecule has 1 fully saturated rings. The number of carbonyl (C=O) groups is 3. The van der Waals surface area contributed by atoms with Gasteiger partial charge >= 0.3 is 0 Å². The molecule has 1 saturated carbocycles. The maximum absolute atomic E-state index is 14.1. The quantitative estimate of drug-likeness (QED) is 0.295. The molecule has 3 aromatic carbocycles. The van der Waals surface area contributed by atoms with Crippen molar-refractivity contribution in [2.75, 3.05) is 4.90 Å². The second kappa shape index (κ2) is 11.8. The average molecular weight is 544 g/mol. The van der Waals surface area contributed by atoms with Gasteiger partial charge in [-0.05, 0) is 73.9 Å². The van der Waals surface area contributed by atoms with Gasteiger partial charge in [0, 0.05) is 22.3 Å². The van der Waals surface area contributed by atoms with Crippen LogP contribution in [0, 0.1) is 0 Å². The number of para-hydroxylation sites is 1. The van der Waals surface area contributed by atoms with Gasteiger partial charge in [0.15, 0.2) is 5.78 Å². The van der Waals surface area contributed by atoms with Gasteiger partial charge in [-0.1, -0.05) is 60.3 Å². The number of hydrogen-bond acceptors (Lipinski definition) is 5. The Bertz CT molecular complexity index is 1480. The number of nitrogens with one attached hydrogen (secondary N) is 1. The number of halogens is 1. The van der Waals surface area contributed by atoms with E-state index in [4.69, 9.17) is 11.6 Å². The lowest BCUT2D eigenvalue weighted by Gasteiger charge is -2.33. The number of benzene rings is 3. The molecule has 0 spiro atoms. The molecule has 200 valence electrons. The van der Waals surface area contributed by atoms with Gasteiger partial charge in [-0.2, -0.15) is 0 Å². The maximum atomic E-state index is 14.1. The molecule has 1 heterocycles. The molecule has 1 atom stereocenters. The van der Waals surface area contributed by atoms with Crippen molar-refractivity contribution in [3.8, 4) is 0 Å². The topological polar surface area (TPSA) is 97.2 Å². The van der Waals surface area contributed by atoms with E-state index in [1.165, 1.54) is 16.5 Å². The van der Waals surface area contributed by atoms with Crippen molar-refractivity contribution < 1.29 is 14.4 Å². The van der Waals surface area contributed by atoms with Crippen molar-refractivity contribution in [2.24, 2.45) is 0 Å². The fourth-order valence-corrected chi connectivity index (χ4v) is 5.25. The van der Waals surface area contributed by atoms with Crippen LogP contribution in [0.2, 0.25) is 5.02 Å². The summed E-state index contributed by atoms with van der Waals surface area (Å²) in [5.41, 5.74) is 3.02. The highest BCUT2D eigenvalue weighted by atomic mass is 35.5. The summed E-state index contributed by atoms with van der Waals surface area (Å²) in [6.07, 6.45) is 5.10. The first-order chi connectivity index (χ1) is 18.9. The summed E-state index contributed by atoms with van der Waals surface area (Å²) >= 11 is 6.18. The molecule has 0 bridgehead atoms. The van der Waals surface area contributed by atoms with Crippen LogP contribution in [-0.4, -0.2) is 38.6 Å². The summed E-state index contributed by atoms with van der Waals surface area (Å²) in [6.45, 7) is 1.36. The highest BCUT2D eigenvalue weighted by Crippen LogP contribution is 2.31. The van der Waals surface area contributed by atoms with E-state index in [0.29, 0.717) is 32.9 Å². The molecule has 9 heteroatoms. The zero-order valence-corrected chi connectivity index (χ0v) is 22.5. The third-order valence-corrected chi connectivity index (χ3v) is 7.42. The van der Waals surface area contributed by atoms with E-state index < -0.39 is 6.04 Å². The molecule has 5 rings (SSSR count). The van der Waals surface area contributed by atoms with Gasteiger partial charge in [-0.15, -0.1) is 5.10 Å². The molecule has 2 amide bonds. The molecule has 0 radical (unpaired) electrons. The fourth-order valence-electron chi connectivity index (χ4n) is 5.12. The third-order valence-electron chi connectivity index (χ3n) is 7.17. The van der Waals surface area contributed by atoms with Gasteiger partial charge in [-0.3, -0.25) is 19.3 Å². The number of carbonyl (C=O) groups excluding carboxylic acids is 3. The number of hydrogen-bond donors (Lipinski definition) is 1. The number of amides is 2. The van der Waals surface area contributed by atoms with Crippen LogP contribution in [-0.2, 0) is 16.1 Å². The largest absolute Gasteiger partial charge is 0.351 e. The Morgan fingerprint density at radius 3 is 2.36 bits per heavy atom. The van der Waals surface area contributed by atoms with Crippen LogP contribution >= 0.6 is 11.6 Å². The van der Waals surface area contributed by atoms with Gasteiger partial charge in [0.1, 0.15) is 18.1 Å². The van der Waals surface area contributed by atoms with Crippen LogP contribution < -0.4 is 10.2 Å². The Morgan fingerprint density at radius 1 is 0.974 bits per heavy atom. The highest BCUT2D eigenvalue weighted by Gasteiger charge is 2.34.